The highest BCUT2D eigenvalue weighted by Gasteiger charge is 2.31. The molecule has 6 heteroatoms. The van der Waals surface area contributed by atoms with E-state index in [1.54, 1.807) is 19.2 Å². The van der Waals surface area contributed by atoms with Crippen molar-refractivity contribution in [3.63, 3.8) is 0 Å². The second kappa shape index (κ2) is 11.9. The van der Waals surface area contributed by atoms with Gasteiger partial charge in [-0.2, -0.15) is 0 Å². The number of carbonyl (C=O) groups is 2. The van der Waals surface area contributed by atoms with Crippen LogP contribution in [0.25, 0.3) is 0 Å². The SMILES string of the molecule is C[C@H]1C/C=C\C[C@H](c2cccc(Cl)c2)NC(=O)[C@H](Cc2ccccc2)N(C)C(=O)c2ccccc2O1. The van der Waals surface area contributed by atoms with E-state index < -0.39 is 6.04 Å². The van der Waals surface area contributed by atoms with Crippen molar-refractivity contribution in [2.75, 3.05) is 7.05 Å². The molecule has 0 saturated carbocycles. The predicted molar refractivity (Wildman–Crippen MR) is 143 cm³/mol. The van der Waals surface area contributed by atoms with Gasteiger partial charge in [0.05, 0.1) is 17.7 Å². The van der Waals surface area contributed by atoms with Crippen LogP contribution >= 0.6 is 11.6 Å². The van der Waals surface area contributed by atoms with E-state index in [-0.39, 0.29) is 24.0 Å². The van der Waals surface area contributed by atoms with E-state index in [0.29, 0.717) is 35.6 Å². The van der Waals surface area contributed by atoms with E-state index >= 15 is 0 Å². The Hall–Kier alpha value is -3.57. The zero-order valence-corrected chi connectivity index (χ0v) is 21.3. The third-order valence-electron chi connectivity index (χ3n) is 6.38. The average molecular weight is 503 g/mol. The molecule has 0 aliphatic carbocycles. The van der Waals surface area contributed by atoms with Crippen molar-refractivity contribution in [2.45, 2.75) is 44.4 Å². The first-order valence-electron chi connectivity index (χ1n) is 12.2. The maximum atomic E-state index is 13.8. The number of nitrogens with zero attached hydrogens (tertiary/aromatic N) is 1. The van der Waals surface area contributed by atoms with E-state index in [9.17, 15) is 9.59 Å². The van der Waals surface area contributed by atoms with Crippen LogP contribution in [-0.4, -0.2) is 35.9 Å². The topological polar surface area (TPSA) is 58.6 Å². The summed E-state index contributed by atoms with van der Waals surface area (Å²) in [6.07, 6.45) is 5.63. The Kier molecular flexibility index (Phi) is 8.44. The molecule has 1 heterocycles. The van der Waals surface area contributed by atoms with Gasteiger partial charge in [-0.15, -0.1) is 0 Å². The standard InChI is InChI=1S/C30H31ClN2O3/c1-21-11-6-8-17-26(23-14-10-15-24(31)20-23)32-29(34)27(19-22-12-4-3-5-13-22)33(2)30(35)25-16-7-9-18-28(25)36-21/h3-10,12-16,18,20-21,26-27H,11,17,19H2,1-2H3,(H,32,34)/b8-6-/t21-,26+,27-/m0/s1. The van der Waals surface area contributed by atoms with Crippen LogP contribution in [0.15, 0.2) is 91.0 Å². The summed E-state index contributed by atoms with van der Waals surface area (Å²) < 4.78 is 6.15. The zero-order chi connectivity index (χ0) is 25.5. The van der Waals surface area contributed by atoms with E-state index in [0.717, 1.165) is 11.1 Å². The van der Waals surface area contributed by atoms with Crippen molar-refractivity contribution in [3.8, 4) is 5.75 Å². The van der Waals surface area contributed by atoms with Crippen molar-refractivity contribution in [1.29, 1.82) is 0 Å². The van der Waals surface area contributed by atoms with Crippen molar-refractivity contribution in [2.24, 2.45) is 0 Å². The molecule has 36 heavy (non-hydrogen) atoms. The van der Waals surface area contributed by atoms with Gasteiger partial charge < -0.3 is 15.0 Å². The molecule has 0 aromatic heterocycles. The molecule has 3 aromatic carbocycles. The molecule has 1 N–H and O–H groups in total. The molecule has 4 rings (SSSR count). The van der Waals surface area contributed by atoms with E-state index in [4.69, 9.17) is 16.3 Å². The minimum Gasteiger partial charge on any atom is -0.490 e. The van der Waals surface area contributed by atoms with Gasteiger partial charge in [-0.1, -0.05) is 78.4 Å². The third-order valence-corrected chi connectivity index (χ3v) is 6.62. The smallest absolute Gasteiger partial charge is 0.258 e. The van der Waals surface area contributed by atoms with Crippen LogP contribution in [-0.2, 0) is 11.2 Å². The maximum absolute atomic E-state index is 13.8. The van der Waals surface area contributed by atoms with Crippen LogP contribution in [0.4, 0.5) is 0 Å². The molecule has 1 aliphatic rings. The molecule has 0 unspecified atom stereocenters. The fourth-order valence-corrected chi connectivity index (χ4v) is 4.57. The molecule has 0 fully saturated rings. The fraction of sp³-hybridized carbons (Fsp3) is 0.267. The number of para-hydroxylation sites is 1. The second-order valence-electron chi connectivity index (χ2n) is 9.11. The van der Waals surface area contributed by atoms with Crippen LogP contribution in [0.5, 0.6) is 5.75 Å². The fourth-order valence-electron chi connectivity index (χ4n) is 4.38. The van der Waals surface area contributed by atoms with Gasteiger partial charge in [0.2, 0.25) is 5.91 Å². The van der Waals surface area contributed by atoms with Gasteiger partial charge in [-0.25, -0.2) is 0 Å². The Morgan fingerprint density at radius 1 is 0.944 bits per heavy atom. The van der Waals surface area contributed by atoms with Gasteiger partial charge in [0.1, 0.15) is 11.8 Å². The van der Waals surface area contributed by atoms with Crippen LogP contribution in [0.1, 0.15) is 47.3 Å². The van der Waals surface area contributed by atoms with Crippen molar-refractivity contribution in [1.82, 2.24) is 10.2 Å². The molecule has 2 amide bonds. The highest BCUT2D eigenvalue weighted by Crippen LogP contribution is 2.26. The number of benzene rings is 3. The summed E-state index contributed by atoms with van der Waals surface area (Å²) in [7, 11) is 1.68. The predicted octanol–water partition coefficient (Wildman–Crippen LogP) is 6.00. The summed E-state index contributed by atoms with van der Waals surface area (Å²) in [5.41, 5.74) is 2.32. The highest BCUT2D eigenvalue weighted by atomic mass is 35.5. The minimum atomic E-state index is -0.723. The largest absolute Gasteiger partial charge is 0.490 e. The van der Waals surface area contributed by atoms with Gasteiger partial charge in [0.25, 0.3) is 5.91 Å². The monoisotopic (exact) mass is 502 g/mol. The first-order valence-corrected chi connectivity index (χ1v) is 12.6. The van der Waals surface area contributed by atoms with E-state index in [2.05, 4.69) is 17.5 Å². The second-order valence-corrected chi connectivity index (χ2v) is 9.54. The summed E-state index contributed by atoms with van der Waals surface area (Å²) in [6.45, 7) is 1.98. The molecule has 0 bridgehead atoms. The molecule has 5 nitrogen and oxygen atoms in total. The number of ether oxygens (including phenoxy) is 1. The summed E-state index contributed by atoms with van der Waals surface area (Å²) >= 11 is 6.26. The Labute approximate surface area is 217 Å². The molecule has 0 radical (unpaired) electrons. The Morgan fingerprint density at radius 3 is 2.44 bits per heavy atom. The summed E-state index contributed by atoms with van der Waals surface area (Å²) in [4.78, 5) is 29.0. The number of hydrogen-bond donors (Lipinski definition) is 1. The summed E-state index contributed by atoms with van der Waals surface area (Å²) in [5.74, 6) is 0.0284. The van der Waals surface area contributed by atoms with Crippen molar-refractivity contribution in [3.05, 3.63) is 113 Å². The number of fused-ring (bicyclic) bond motifs is 1. The molecule has 3 aromatic rings. The number of amides is 2. The Morgan fingerprint density at radius 2 is 1.67 bits per heavy atom. The van der Waals surface area contributed by atoms with Gasteiger partial charge in [-0.05, 0) is 48.7 Å². The first kappa shape index (κ1) is 25.5. The number of halogens is 1. The van der Waals surface area contributed by atoms with Crippen LogP contribution < -0.4 is 10.1 Å². The number of hydrogen-bond acceptors (Lipinski definition) is 3. The lowest BCUT2D eigenvalue weighted by Crippen LogP contribution is -2.49. The summed E-state index contributed by atoms with van der Waals surface area (Å²) in [5, 5.41) is 3.81. The van der Waals surface area contributed by atoms with Crippen molar-refractivity contribution >= 4 is 23.4 Å². The van der Waals surface area contributed by atoms with Crippen LogP contribution in [0.3, 0.4) is 0 Å². The maximum Gasteiger partial charge on any atom is 0.258 e. The lowest BCUT2D eigenvalue weighted by atomic mass is 9.99. The Bertz CT molecular complexity index is 1230. The molecule has 0 saturated heterocycles. The molecular weight excluding hydrogens is 472 g/mol. The van der Waals surface area contributed by atoms with Crippen molar-refractivity contribution < 1.29 is 14.3 Å². The van der Waals surface area contributed by atoms with Crippen LogP contribution in [0.2, 0.25) is 5.02 Å². The van der Waals surface area contributed by atoms with Gasteiger partial charge in [-0.3, -0.25) is 9.59 Å². The molecule has 186 valence electrons. The van der Waals surface area contributed by atoms with Gasteiger partial charge in [0, 0.05) is 24.9 Å². The quantitative estimate of drug-likeness (QED) is 0.447. The lowest BCUT2D eigenvalue weighted by molar-refractivity contribution is -0.126. The average Bonchev–Trinajstić information content (AvgIpc) is 2.88. The molecule has 1 aliphatic heterocycles. The molecule has 0 spiro atoms. The number of nitrogens with one attached hydrogen (secondary N) is 1. The number of rotatable bonds is 3. The lowest BCUT2D eigenvalue weighted by Gasteiger charge is -2.30. The normalized spacial score (nSPS) is 22.1. The van der Waals surface area contributed by atoms with Crippen LogP contribution in [0, 0.1) is 0 Å². The van der Waals surface area contributed by atoms with Gasteiger partial charge in [0.15, 0.2) is 0 Å². The summed E-state index contributed by atoms with van der Waals surface area (Å²) in [6, 6.07) is 23.4. The first-order chi connectivity index (χ1) is 17.4. The molecular formula is C30H31ClN2O3. The number of carbonyl (C=O) groups excluding carboxylic acids is 2. The van der Waals surface area contributed by atoms with Gasteiger partial charge >= 0.3 is 0 Å². The third kappa shape index (κ3) is 6.35. The van der Waals surface area contributed by atoms with E-state index in [1.165, 1.54) is 4.90 Å². The zero-order valence-electron chi connectivity index (χ0n) is 20.6. The Balaban J connectivity index is 1.73. The minimum absolute atomic E-state index is 0.122. The highest BCUT2D eigenvalue weighted by molar-refractivity contribution is 6.30. The van der Waals surface area contributed by atoms with E-state index in [1.807, 2.05) is 73.7 Å². The number of likely N-dealkylation sites (N-methyl/N-ethyl adjacent to an activating group) is 1. The molecule has 3 atom stereocenters.